The Balaban J connectivity index is 1.72. The number of likely N-dealkylation sites (tertiary alicyclic amines) is 1. The first kappa shape index (κ1) is 13.5. The number of piperidine rings is 1. The molecule has 0 aliphatic carbocycles. The summed E-state index contributed by atoms with van der Waals surface area (Å²) >= 11 is 3.62. The van der Waals surface area contributed by atoms with E-state index in [1.165, 1.54) is 16.2 Å². The summed E-state index contributed by atoms with van der Waals surface area (Å²) in [6.45, 7) is 3.20. The van der Waals surface area contributed by atoms with E-state index in [0.29, 0.717) is 25.9 Å². The zero-order valence-electron chi connectivity index (χ0n) is 11.1. The Bertz CT molecular complexity index is 462. The second kappa shape index (κ2) is 5.11. The normalized spacial score (nSPS) is 22.1. The number of amides is 1. The molecular formula is C14H19NO2S2. The van der Waals surface area contributed by atoms with Crippen LogP contribution in [0.1, 0.15) is 39.9 Å². The molecule has 0 atom stereocenters. The van der Waals surface area contributed by atoms with Crippen LogP contribution >= 0.6 is 23.1 Å². The van der Waals surface area contributed by atoms with Crippen molar-refractivity contribution < 1.29 is 9.90 Å². The van der Waals surface area contributed by atoms with E-state index in [2.05, 4.69) is 6.07 Å². The van der Waals surface area contributed by atoms with Crippen LogP contribution in [0, 0.1) is 0 Å². The first-order chi connectivity index (χ1) is 9.05. The predicted molar refractivity (Wildman–Crippen MR) is 79.9 cm³/mol. The van der Waals surface area contributed by atoms with E-state index in [1.807, 2.05) is 23.6 Å². The van der Waals surface area contributed by atoms with Crippen molar-refractivity contribution in [3.63, 3.8) is 0 Å². The van der Waals surface area contributed by atoms with Gasteiger partial charge >= 0.3 is 0 Å². The highest BCUT2D eigenvalue weighted by molar-refractivity contribution is 7.98. The predicted octanol–water partition coefficient (Wildman–Crippen LogP) is 2.52. The van der Waals surface area contributed by atoms with E-state index in [-0.39, 0.29) is 5.91 Å². The quantitative estimate of drug-likeness (QED) is 0.866. The van der Waals surface area contributed by atoms with Crippen molar-refractivity contribution in [2.45, 2.75) is 37.5 Å². The first-order valence-corrected chi connectivity index (χ1v) is 8.73. The Morgan fingerprint density at radius 1 is 1.42 bits per heavy atom. The van der Waals surface area contributed by atoms with Gasteiger partial charge in [0.05, 0.1) is 10.5 Å². The fourth-order valence-electron chi connectivity index (χ4n) is 2.60. The summed E-state index contributed by atoms with van der Waals surface area (Å²) in [4.78, 5) is 16.6. The molecule has 3 heterocycles. The molecule has 5 heteroatoms. The number of aryl methyl sites for hydroxylation is 1. The zero-order valence-corrected chi connectivity index (χ0v) is 12.8. The fraction of sp³-hybridized carbons (Fsp3) is 0.643. The van der Waals surface area contributed by atoms with Crippen LogP contribution in [0.4, 0.5) is 0 Å². The van der Waals surface area contributed by atoms with Crippen molar-refractivity contribution in [1.82, 2.24) is 4.90 Å². The number of thioether (sulfide) groups is 1. The summed E-state index contributed by atoms with van der Waals surface area (Å²) in [6.07, 6.45) is 2.46. The summed E-state index contributed by atoms with van der Waals surface area (Å²) in [5, 5.41) is 9.94. The number of rotatable bonds is 1. The summed E-state index contributed by atoms with van der Waals surface area (Å²) in [6, 6.07) is 2.08. The number of thiophene rings is 1. The Labute approximate surface area is 122 Å². The topological polar surface area (TPSA) is 40.5 Å². The van der Waals surface area contributed by atoms with Crippen molar-refractivity contribution in [3.8, 4) is 0 Å². The van der Waals surface area contributed by atoms with Gasteiger partial charge in [-0.05, 0) is 43.6 Å². The minimum atomic E-state index is -0.595. The lowest BCUT2D eigenvalue weighted by Crippen LogP contribution is -2.44. The average molecular weight is 297 g/mol. The van der Waals surface area contributed by atoms with Gasteiger partial charge in [-0.1, -0.05) is 0 Å². The smallest absolute Gasteiger partial charge is 0.263 e. The average Bonchev–Trinajstić information content (AvgIpc) is 2.81. The van der Waals surface area contributed by atoms with Gasteiger partial charge in [0, 0.05) is 23.7 Å². The Hall–Kier alpha value is -0.520. The number of hydrogen-bond acceptors (Lipinski definition) is 4. The lowest BCUT2D eigenvalue weighted by atomic mass is 9.94. The van der Waals surface area contributed by atoms with Gasteiger partial charge < -0.3 is 10.0 Å². The Morgan fingerprint density at radius 3 is 2.84 bits per heavy atom. The second-order valence-electron chi connectivity index (χ2n) is 5.65. The van der Waals surface area contributed by atoms with E-state index < -0.39 is 5.60 Å². The van der Waals surface area contributed by atoms with Crippen LogP contribution in [-0.4, -0.2) is 40.4 Å². The van der Waals surface area contributed by atoms with Gasteiger partial charge in [0.25, 0.3) is 5.91 Å². The largest absolute Gasteiger partial charge is 0.390 e. The number of fused-ring (bicyclic) bond motifs is 1. The molecule has 3 nitrogen and oxygen atoms in total. The van der Waals surface area contributed by atoms with E-state index in [0.717, 1.165) is 17.1 Å². The van der Waals surface area contributed by atoms with E-state index in [4.69, 9.17) is 0 Å². The van der Waals surface area contributed by atoms with Crippen LogP contribution in [0.5, 0.6) is 0 Å². The minimum absolute atomic E-state index is 0.153. The molecule has 2 aliphatic heterocycles. The molecule has 104 valence electrons. The molecule has 1 saturated heterocycles. The monoisotopic (exact) mass is 297 g/mol. The molecule has 1 N–H and O–H groups in total. The maximum absolute atomic E-state index is 12.5. The summed E-state index contributed by atoms with van der Waals surface area (Å²) < 4.78 is 0. The number of carbonyl (C=O) groups is 1. The molecule has 0 bridgehead atoms. The molecule has 1 aromatic heterocycles. The van der Waals surface area contributed by atoms with Crippen LogP contribution in [0.25, 0.3) is 0 Å². The number of hydrogen-bond donors (Lipinski definition) is 1. The summed E-state index contributed by atoms with van der Waals surface area (Å²) in [7, 11) is 0. The lowest BCUT2D eigenvalue weighted by molar-refractivity contribution is -0.00188. The molecule has 1 aromatic rings. The highest BCUT2D eigenvalue weighted by Crippen LogP contribution is 2.33. The van der Waals surface area contributed by atoms with Crippen molar-refractivity contribution in [2.75, 3.05) is 18.8 Å². The van der Waals surface area contributed by atoms with E-state index >= 15 is 0 Å². The molecule has 1 amide bonds. The van der Waals surface area contributed by atoms with Gasteiger partial charge in [-0.25, -0.2) is 0 Å². The van der Waals surface area contributed by atoms with Crippen LogP contribution in [-0.2, 0) is 12.2 Å². The molecule has 0 aromatic carbocycles. The molecule has 0 unspecified atom stereocenters. The molecule has 3 rings (SSSR count). The number of nitrogens with zero attached hydrogens (tertiary/aromatic N) is 1. The van der Waals surface area contributed by atoms with Gasteiger partial charge in [0.15, 0.2) is 0 Å². The van der Waals surface area contributed by atoms with Crippen LogP contribution in [0.2, 0.25) is 0 Å². The van der Waals surface area contributed by atoms with Crippen molar-refractivity contribution in [1.29, 1.82) is 0 Å². The second-order valence-corrected chi connectivity index (χ2v) is 7.89. The SMILES string of the molecule is CC1(O)CCN(C(=O)c2cc3c(s2)CCSC3)CC1. The van der Waals surface area contributed by atoms with Gasteiger partial charge in [0.1, 0.15) is 0 Å². The lowest BCUT2D eigenvalue weighted by Gasteiger charge is -2.35. The van der Waals surface area contributed by atoms with Gasteiger partial charge in [-0.3, -0.25) is 4.79 Å². The molecule has 2 aliphatic rings. The first-order valence-electron chi connectivity index (χ1n) is 6.76. The standard InChI is InChI=1S/C14H19NO2S2/c1-14(17)3-5-15(6-4-14)13(16)12-8-10-9-18-7-2-11(10)19-12/h8,17H,2-7,9H2,1H3. The third-order valence-corrected chi connectivity index (χ3v) is 6.20. The summed E-state index contributed by atoms with van der Waals surface area (Å²) in [5.41, 5.74) is 0.760. The third kappa shape index (κ3) is 2.83. The minimum Gasteiger partial charge on any atom is -0.390 e. The molecule has 19 heavy (non-hydrogen) atoms. The number of carbonyl (C=O) groups excluding carboxylic acids is 1. The maximum Gasteiger partial charge on any atom is 0.263 e. The maximum atomic E-state index is 12.5. The third-order valence-electron chi connectivity index (χ3n) is 3.97. The van der Waals surface area contributed by atoms with Gasteiger partial charge in [0.2, 0.25) is 0 Å². The fourth-order valence-corrected chi connectivity index (χ4v) is 4.94. The molecular weight excluding hydrogens is 278 g/mol. The molecule has 0 radical (unpaired) electrons. The Morgan fingerprint density at radius 2 is 2.16 bits per heavy atom. The highest BCUT2D eigenvalue weighted by atomic mass is 32.2. The molecule has 0 saturated carbocycles. The van der Waals surface area contributed by atoms with Crippen LogP contribution < -0.4 is 0 Å². The number of aliphatic hydroxyl groups is 1. The molecule has 0 spiro atoms. The van der Waals surface area contributed by atoms with Crippen molar-refractivity contribution >= 4 is 29.0 Å². The summed E-state index contributed by atoms with van der Waals surface area (Å²) in [5.74, 6) is 2.38. The van der Waals surface area contributed by atoms with Crippen molar-refractivity contribution in [3.05, 3.63) is 21.4 Å². The van der Waals surface area contributed by atoms with Gasteiger partial charge in [-0.15, -0.1) is 11.3 Å². The van der Waals surface area contributed by atoms with Crippen LogP contribution in [0.15, 0.2) is 6.07 Å². The zero-order chi connectivity index (χ0) is 13.5. The molecule has 1 fully saturated rings. The van der Waals surface area contributed by atoms with E-state index in [9.17, 15) is 9.90 Å². The Kier molecular flexibility index (Phi) is 3.62. The van der Waals surface area contributed by atoms with E-state index in [1.54, 1.807) is 11.3 Å². The van der Waals surface area contributed by atoms with Crippen LogP contribution in [0.3, 0.4) is 0 Å². The highest BCUT2D eigenvalue weighted by Gasteiger charge is 2.31. The van der Waals surface area contributed by atoms with Crippen molar-refractivity contribution in [2.24, 2.45) is 0 Å². The van der Waals surface area contributed by atoms with Gasteiger partial charge in [-0.2, -0.15) is 11.8 Å².